The van der Waals surface area contributed by atoms with E-state index in [0.717, 1.165) is 24.2 Å². The normalized spacial score (nSPS) is 18.7. The summed E-state index contributed by atoms with van der Waals surface area (Å²) in [6, 6.07) is 7.81. The summed E-state index contributed by atoms with van der Waals surface area (Å²) in [5.41, 5.74) is -0.188. The molecule has 6 nitrogen and oxygen atoms in total. The monoisotopic (exact) mass is 393 g/mol. The van der Waals surface area contributed by atoms with Crippen LogP contribution in [0, 0.1) is 0 Å². The Morgan fingerprint density at radius 3 is 2.14 bits per heavy atom. The first-order chi connectivity index (χ1) is 12.9. The zero-order chi connectivity index (χ0) is 21.0. The summed E-state index contributed by atoms with van der Waals surface area (Å²) in [7, 11) is 0. The van der Waals surface area contributed by atoms with Crippen molar-refractivity contribution < 1.29 is 23.7 Å². The molecule has 1 N–H and O–H groups in total. The lowest BCUT2D eigenvalue weighted by atomic mass is 9.90. The van der Waals surface area contributed by atoms with Crippen LogP contribution in [0.3, 0.4) is 0 Å². The zero-order valence-corrected chi connectivity index (χ0v) is 18.3. The molecule has 1 heterocycles. The fraction of sp³-hybridized carbons (Fsp3) is 0.682. The molecule has 1 fully saturated rings. The third-order valence-electron chi connectivity index (χ3n) is 4.91. The third-order valence-corrected chi connectivity index (χ3v) is 4.91. The minimum Gasteiger partial charge on any atom is -0.494 e. The summed E-state index contributed by atoms with van der Waals surface area (Å²) >= 11 is 0. The van der Waals surface area contributed by atoms with Crippen molar-refractivity contribution in [3.63, 3.8) is 0 Å². The van der Waals surface area contributed by atoms with E-state index in [1.165, 1.54) is 0 Å². The van der Waals surface area contributed by atoms with Crippen molar-refractivity contribution in [1.82, 2.24) is 5.32 Å². The molecule has 0 bridgehead atoms. The second kappa shape index (κ2) is 8.70. The van der Waals surface area contributed by atoms with Gasteiger partial charge in [-0.2, -0.15) is 0 Å². The standard InChI is InChI=1S/C22H35NO5/c1-20(2,3)28-19(24)23-14-8-9-15-25-17-12-10-16(11-13-17)18-26-21(4,5)22(6,7)27-18/h10-13,18H,8-9,14-15H2,1-7H3,(H,23,24). The van der Waals surface area contributed by atoms with Crippen molar-refractivity contribution >= 4 is 6.09 Å². The molecule has 1 amide bonds. The molecule has 1 aliphatic heterocycles. The number of benzene rings is 1. The first kappa shape index (κ1) is 22.5. The van der Waals surface area contributed by atoms with Crippen molar-refractivity contribution in [2.75, 3.05) is 13.2 Å². The molecule has 28 heavy (non-hydrogen) atoms. The first-order valence-electron chi connectivity index (χ1n) is 9.95. The lowest BCUT2D eigenvalue weighted by Crippen LogP contribution is -2.41. The molecule has 0 atom stereocenters. The molecule has 0 aromatic heterocycles. The summed E-state index contributed by atoms with van der Waals surface area (Å²) in [4.78, 5) is 11.5. The van der Waals surface area contributed by atoms with Gasteiger partial charge in [-0.1, -0.05) is 12.1 Å². The summed E-state index contributed by atoms with van der Waals surface area (Å²) in [5, 5.41) is 2.75. The predicted octanol–water partition coefficient (Wildman–Crippen LogP) is 4.97. The van der Waals surface area contributed by atoms with E-state index in [-0.39, 0.29) is 23.6 Å². The van der Waals surface area contributed by atoms with Crippen LogP contribution < -0.4 is 10.1 Å². The topological polar surface area (TPSA) is 66.0 Å². The number of hydrogen-bond donors (Lipinski definition) is 1. The molecule has 0 saturated carbocycles. The largest absolute Gasteiger partial charge is 0.494 e. The van der Waals surface area contributed by atoms with Gasteiger partial charge in [0.15, 0.2) is 6.29 Å². The summed E-state index contributed by atoms with van der Waals surface area (Å²) in [6.45, 7) is 14.9. The Hall–Kier alpha value is -1.79. The van der Waals surface area contributed by atoms with Crippen molar-refractivity contribution in [3.05, 3.63) is 29.8 Å². The van der Waals surface area contributed by atoms with E-state index in [0.29, 0.717) is 13.2 Å². The first-order valence-corrected chi connectivity index (χ1v) is 9.95. The van der Waals surface area contributed by atoms with Gasteiger partial charge in [-0.25, -0.2) is 4.79 Å². The van der Waals surface area contributed by atoms with Crippen LogP contribution in [0.5, 0.6) is 5.75 Å². The van der Waals surface area contributed by atoms with Crippen molar-refractivity contribution in [1.29, 1.82) is 0 Å². The second-order valence-electron chi connectivity index (χ2n) is 9.14. The van der Waals surface area contributed by atoms with Gasteiger partial charge in [0.05, 0.1) is 17.8 Å². The third kappa shape index (κ3) is 6.38. The maximum Gasteiger partial charge on any atom is 0.407 e. The number of hydrogen-bond acceptors (Lipinski definition) is 5. The Labute approximate surface area is 168 Å². The average Bonchev–Trinajstić information content (AvgIpc) is 2.77. The molecule has 0 aliphatic carbocycles. The van der Waals surface area contributed by atoms with Crippen LogP contribution in [0.4, 0.5) is 4.79 Å². The number of carbonyl (C=O) groups excluding carboxylic acids is 1. The number of rotatable bonds is 7. The molecule has 0 radical (unpaired) electrons. The van der Waals surface area contributed by atoms with Crippen LogP contribution in [0.25, 0.3) is 0 Å². The van der Waals surface area contributed by atoms with Crippen LogP contribution >= 0.6 is 0 Å². The van der Waals surface area contributed by atoms with Gasteiger partial charge in [0.2, 0.25) is 0 Å². The van der Waals surface area contributed by atoms with Crippen LogP contribution in [-0.4, -0.2) is 36.0 Å². The van der Waals surface area contributed by atoms with Gasteiger partial charge < -0.3 is 24.3 Å². The van der Waals surface area contributed by atoms with Gasteiger partial charge in [-0.15, -0.1) is 0 Å². The maximum absolute atomic E-state index is 11.5. The number of nitrogens with one attached hydrogen (secondary N) is 1. The van der Waals surface area contributed by atoms with Gasteiger partial charge in [0.25, 0.3) is 0 Å². The maximum atomic E-state index is 11.5. The van der Waals surface area contributed by atoms with E-state index in [2.05, 4.69) is 5.32 Å². The number of amides is 1. The molecule has 0 unspecified atom stereocenters. The fourth-order valence-electron chi connectivity index (χ4n) is 2.62. The predicted molar refractivity (Wildman–Crippen MR) is 108 cm³/mol. The van der Waals surface area contributed by atoms with Gasteiger partial charge >= 0.3 is 6.09 Å². The Bertz CT molecular complexity index is 630. The van der Waals surface area contributed by atoms with Crippen LogP contribution in [0.1, 0.15) is 73.2 Å². The second-order valence-corrected chi connectivity index (χ2v) is 9.14. The smallest absolute Gasteiger partial charge is 0.407 e. The molecule has 1 aromatic carbocycles. The summed E-state index contributed by atoms with van der Waals surface area (Å²) in [6.07, 6.45) is 0.921. The molecule has 158 valence electrons. The molecule has 1 aromatic rings. The lowest BCUT2D eigenvalue weighted by Gasteiger charge is -2.30. The molecule has 0 spiro atoms. The fourth-order valence-corrected chi connectivity index (χ4v) is 2.62. The van der Waals surface area contributed by atoms with Gasteiger partial charge in [-0.3, -0.25) is 0 Å². The Morgan fingerprint density at radius 2 is 1.61 bits per heavy atom. The molecular formula is C22H35NO5. The Morgan fingerprint density at radius 1 is 1.04 bits per heavy atom. The Kier molecular flexibility index (Phi) is 6.99. The van der Waals surface area contributed by atoms with Crippen LogP contribution in [0.2, 0.25) is 0 Å². The van der Waals surface area contributed by atoms with Gasteiger partial charge in [0, 0.05) is 12.1 Å². The molecule has 6 heteroatoms. The lowest BCUT2D eigenvalue weighted by molar-refractivity contribution is -0.0895. The van der Waals surface area contributed by atoms with Crippen molar-refractivity contribution in [3.8, 4) is 5.75 Å². The molecule has 1 aliphatic rings. The minimum absolute atomic E-state index is 0.347. The van der Waals surface area contributed by atoms with E-state index < -0.39 is 5.60 Å². The SMILES string of the molecule is CC(C)(C)OC(=O)NCCCCOc1ccc(C2OC(C)(C)C(C)(C)O2)cc1. The highest BCUT2D eigenvalue weighted by molar-refractivity contribution is 5.67. The van der Waals surface area contributed by atoms with E-state index in [1.54, 1.807) is 0 Å². The van der Waals surface area contributed by atoms with Crippen LogP contribution in [-0.2, 0) is 14.2 Å². The number of ether oxygens (including phenoxy) is 4. The van der Waals surface area contributed by atoms with Crippen LogP contribution in [0.15, 0.2) is 24.3 Å². The quantitative estimate of drug-likeness (QED) is 0.662. The number of unbranched alkanes of at least 4 members (excludes halogenated alkanes) is 1. The van der Waals surface area contributed by atoms with Gasteiger partial charge in [0.1, 0.15) is 11.4 Å². The van der Waals surface area contributed by atoms with E-state index in [1.807, 2.05) is 72.7 Å². The average molecular weight is 394 g/mol. The Balaban J connectivity index is 1.68. The molecule has 1 saturated heterocycles. The number of alkyl carbamates (subject to hydrolysis) is 1. The highest BCUT2D eigenvalue weighted by atomic mass is 16.7. The highest BCUT2D eigenvalue weighted by Gasteiger charge is 2.49. The van der Waals surface area contributed by atoms with Crippen molar-refractivity contribution in [2.24, 2.45) is 0 Å². The molecular weight excluding hydrogens is 358 g/mol. The summed E-state index contributed by atoms with van der Waals surface area (Å²) in [5.74, 6) is 0.806. The summed E-state index contributed by atoms with van der Waals surface area (Å²) < 4.78 is 23.1. The zero-order valence-electron chi connectivity index (χ0n) is 18.3. The van der Waals surface area contributed by atoms with E-state index in [9.17, 15) is 4.79 Å². The minimum atomic E-state index is -0.473. The van der Waals surface area contributed by atoms with E-state index in [4.69, 9.17) is 18.9 Å². The van der Waals surface area contributed by atoms with Crippen molar-refractivity contribution in [2.45, 2.75) is 84.4 Å². The van der Waals surface area contributed by atoms with Gasteiger partial charge in [-0.05, 0) is 73.4 Å². The highest BCUT2D eigenvalue weighted by Crippen LogP contribution is 2.44. The molecule has 2 rings (SSSR count). The van der Waals surface area contributed by atoms with E-state index >= 15 is 0 Å². The number of carbonyl (C=O) groups is 1.